The Morgan fingerprint density at radius 1 is 1.18 bits per heavy atom. The highest BCUT2D eigenvalue weighted by Crippen LogP contribution is 2.27. The lowest BCUT2D eigenvalue weighted by Crippen LogP contribution is -2.31. The third kappa shape index (κ3) is 4.79. The van der Waals surface area contributed by atoms with E-state index in [1.807, 2.05) is 11.8 Å². The van der Waals surface area contributed by atoms with Crippen LogP contribution in [-0.4, -0.2) is 44.0 Å². The van der Waals surface area contributed by atoms with Gasteiger partial charge in [-0.15, -0.1) is 0 Å². The van der Waals surface area contributed by atoms with Crippen LogP contribution in [0.15, 0.2) is 0 Å². The SMILES string of the molecule is O=S1(=O)CCC(NCCSCC2CCCC2)C1. The molecule has 100 valence electrons. The number of rotatable bonds is 6. The molecule has 1 aliphatic heterocycles. The fraction of sp³-hybridized carbons (Fsp3) is 1.00. The molecule has 0 amide bonds. The molecule has 0 aromatic carbocycles. The molecule has 1 saturated carbocycles. The lowest BCUT2D eigenvalue weighted by molar-refractivity contribution is 0.574. The highest BCUT2D eigenvalue weighted by molar-refractivity contribution is 7.99. The summed E-state index contributed by atoms with van der Waals surface area (Å²) in [5, 5.41) is 3.36. The molecule has 2 aliphatic rings. The summed E-state index contributed by atoms with van der Waals surface area (Å²) in [6, 6.07) is 0.215. The summed E-state index contributed by atoms with van der Waals surface area (Å²) in [5.41, 5.74) is 0. The minimum absolute atomic E-state index is 0.215. The first kappa shape index (κ1) is 13.7. The highest BCUT2D eigenvalue weighted by atomic mass is 32.2. The zero-order valence-corrected chi connectivity index (χ0v) is 12.0. The van der Waals surface area contributed by atoms with Crippen LogP contribution < -0.4 is 5.32 Å². The Labute approximate surface area is 109 Å². The second-order valence-corrected chi connectivity index (χ2v) is 8.66. The van der Waals surface area contributed by atoms with Gasteiger partial charge in [-0.3, -0.25) is 0 Å². The zero-order chi connectivity index (χ0) is 12.1. The smallest absolute Gasteiger partial charge is 0.151 e. The average molecular weight is 277 g/mol. The van der Waals surface area contributed by atoms with Crippen molar-refractivity contribution >= 4 is 21.6 Å². The van der Waals surface area contributed by atoms with Crippen LogP contribution >= 0.6 is 11.8 Å². The van der Waals surface area contributed by atoms with E-state index in [4.69, 9.17) is 0 Å². The Morgan fingerprint density at radius 2 is 1.94 bits per heavy atom. The van der Waals surface area contributed by atoms with Crippen molar-refractivity contribution in [3.63, 3.8) is 0 Å². The van der Waals surface area contributed by atoms with Crippen molar-refractivity contribution in [1.29, 1.82) is 0 Å². The summed E-state index contributed by atoms with van der Waals surface area (Å²) in [7, 11) is -2.72. The Kier molecular flexibility index (Phi) is 5.18. The predicted molar refractivity (Wildman–Crippen MR) is 74.3 cm³/mol. The summed E-state index contributed by atoms with van der Waals surface area (Å²) in [4.78, 5) is 0. The highest BCUT2D eigenvalue weighted by Gasteiger charge is 2.27. The zero-order valence-electron chi connectivity index (χ0n) is 10.4. The minimum Gasteiger partial charge on any atom is -0.312 e. The third-order valence-corrected chi connectivity index (χ3v) is 6.71. The molecule has 1 atom stereocenters. The van der Waals surface area contributed by atoms with Crippen molar-refractivity contribution < 1.29 is 8.42 Å². The Balaban J connectivity index is 1.49. The van der Waals surface area contributed by atoms with Crippen molar-refractivity contribution in [3.05, 3.63) is 0 Å². The molecule has 1 N–H and O–H groups in total. The fourth-order valence-electron chi connectivity index (χ4n) is 2.72. The van der Waals surface area contributed by atoms with Gasteiger partial charge in [0.25, 0.3) is 0 Å². The quantitative estimate of drug-likeness (QED) is 0.751. The first-order valence-electron chi connectivity index (χ1n) is 6.67. The topological polar surface area (TPSA) is 46.2 Å². The van der Waals surface area contributed by atoms with Gasteiger partial charge in [-0.05, 0) is 30.9 Å². The number of nitrogens with one attached hydrogen (secondary N) is 1. The number of hydrogen-bond donors (Lipinski definition) is 1. The largest absolute Gasteiger partial charge is 0.312 e. The molecule has 3 nitrogen and oxygen atoms in total. The lowest BCUT2D eigenvalue weighted by atomic mass is 10.1. The Bertz CT molecular complexity index is 323. The molecule has 1 heterocycles. The number of sulfone groups is 1. The van der Waals surface area contributed by atoms with Gasteiger partial charge in [0.1, 0.15) is 0 Å². The van der Waals surface area contributed by atoms with Gasteiger partial charge in [0.2, 0.25) is 0 Å². The van der Waals surface area contributed by atoms with E-state index in [1.54, 1.807) is 0 Å². The molecule has 5 heteroatoms. The normalized spacial score (nSPS) is 28.8. The molecule has 0 bridgehead atoms. The number of thioether (sulfide) groups is 1. The van der Waals surface area contributed by atoms with Crippen molar-refractivity contribution in [2.75, 3.05) is 29.6 Å². The molecule has 0 aromatic rings. The van der Waals surface area contributed by atoms with Crippen molar-refractivity contribution in [2.45, 2.75) is 38.1 Å². The van der Waals surface area contributed by atoms with E-state index in [0.29, 0.717) is 11.5 Å². The average Bonchev–Trinajstić information content (AvgIpc) is 2.88. The maximum absolute atomic E-state index is 11.3. The van der Waals surface area contributed by atoms with Crippen LogP contribution in [0.4, 0.5) is 0 Å². The summed E-state index contributed by atoms with van der Waals surface area (Å²) in [5.74, 6) is 4.09. The molecule has 1 aliphatic carbocycles. The molecule has 1 saturated heterocycles. The summed E-state index contributed by atoms with van der Waals surface area (Å²) in [6.45, 7) is 0.956. The van der Waals surface area contributed by atoms with Gasteiger partial charge in [0.15, 0.2) is 9.84 Å². The van der Waals surface area contributed by atoms with Crippen LogP contribution in [0.3, 0.4) is 0 Å². The van der Waals surface area contributed by atoms with Gasteiger partial charge < -0.3 is 5.32 Å². The van der Waals surface area contributed by atoms with Crippen molar-refractivity contribution in [2.24, 2.45) is 5.92 Å². The Hall–Kier alpha value is 0.260. The molecule has 1 unspecified atom stereocenters. The summed E-state index contributed by atoms with van der Waals surface area (Å²) < 4.78 is 22.5. The van der Waals surface area contributed by atoms with E-state index in [1.165, 1.54) is 31.4 Å². The van der Waals surface area contributed by atoms with E-state index in [-0.39, 0.29) is 6.04 Å². The second-order valence-electron chi connectivity index (χ2n) is 5.28. The van der Waals surface area contributed by atoms with Gasteiger partial charge >= 0.3 is 0 Å². The molecule has 0 spiro atoms. The van der Waals surface area contributed by atoms with Gasteiger partial charge in [0.05, 0.1) is 11.5 Å². The minimum atomic E-state index is -2.72. The number of hydrogen-bond acceptors (Lipinski definition) is 4. The molecule has 0 radical (unpaired) electrons. The third-order valence-electron chi connectivity index (χ3n) is 3.74. The Morgan fingerprint density at radius 3 is 2.59 bits per heavy atom. The van der Waals surface area contributed by atoms with Crippen LogP contribution in [0, 0.1) is 5.92 Å². The van der Waals surface area contributed by atoms with Crippen molar-refractivity contribution in [1.82, 2.24) is 5.32 Å². The van der Waals surface area contributed by atoms with E-state index in [2.05, 4.69) is 5.32 Å². The lowest BCUT2D eigenvalue weighted by Gasteiger charge is -2.11. The molecule has 0 aromatic heterocycles. The molecule has 17 heavy (non-hydrogen) atoms. The fourth-order valence-corrected chi connectivity index (χ4v) is 5.52. The van der Waals surface area contributed by atoms with Crippen molar-refractivity contribution in [3.8, 4) is 0 Å². The molecule has 2 rings (SSSR count). The predicted octanol–water partition coefficient (Wildman–Crippen LogP) is 1.69. The first-order valence-corrected chi connectivity index (χ1v) is 9.65. The molecular formula is C12H23NO2S2. The van der Waals surface area contributed by atoms with Crippen LogP contribution in [0.5, 0.6) is 0 Å². The van der Waals surface area contributed by atoms with Crippen LogP contribution in [-0.2, 0) is 9.84 Å². The van der Waals surface area contributed by atoms with E-state index in [9.17, 15) is 8.42 Å². The maximum Gasteiger partial charge on any atom is 0.151 e. The molecular weight excluding hydrogens is 254 g/mol. The summed E-state index contributed by atoms with van der Waals surface area (Å²) >= 11 is 2.02. The molecule has 2 fully saturated rings. The van der Waals surface area contributed by atoms with Gasteiger partial charge in [-0.2, -0.15) is 11.8 Å². The van der Waals surface area contributed by atoms with Gasteiger partial charge in [0, 0.05) is 18.3 Å². The first-order chi connectivity index (χ1) is 8.16. The van der Waals surface area contributed by atoms with E-state index in [0.717, 1.165) is 24.6 Å². The van der Waals surface area contributed by atoms with E-state index < -0.39 is 9.84 Å². The van der Waals surface area contributed by atoms with Crippen LogP contribution in [0.2, 0.25) is 0 Å². The van der Waals surface area contributed by atoms with Gasteiger partial charge in [-0.25, -0.2) is 8.42 Å². The van der Waals surface area contributed by atoms with Crippen LogP contribution in [0.1, 0.15) is 32.1 Å². The standard InChI is InChI=1S/C12H23NO2S2/c14-17(15)8-5-12(10-17)13-6-7-16-9-11-3-1-2-4-11/h11-13H,1-10H2. The van der Waals surface area contributed by atoms with Gasteiger partial charge in [-0.1, -0.05) is 12.8 Å². The monoisotopic (exact) mass is 277 g/mol. The maximum atomic E-state index is 11.3. The van der Waals surface area contributed by atoms with E-state index >= 15 is 0 Å². The summed E-state index contributed by atoms with van der Waals surface area (Å²) in [6.07, 6.45) is 6.48. The van der Waals surface area contributed by atoms with Crippen LogP contribution in [0.25, 0.3) is 0 Å². The second kappa shape index (κ2) is 6.43.